The van der Waals surface area contributed by atoms with Gasteiger partial charge in [0.1, 0.15) is 0 Å². The van der Waals surface area contributed by atoms with E-state index in [2.05, 4.69) is 21.6 Å². The molecule has 0 radical (unpaired) electrons. The van der Waals surface area contributed by atoms with Crippen LogP contribution in [-0.4, -0.2) is 57.1 Å². The van der Waals surface area contributed by atoms with Gasteiger partial charge in [-0.2, -0.15) is 9.36 Å². The molecular weight excluding hydrogens is 300 g/mol. The smallest absolute Gasteiger partial charge is 0.304 e. The van der Waals surface area contributed by atoms with Crippen LogP contribution in [0.3, 0.4) is 0 Å². The zero-order valence-corrected chi connectivity index (χ0v) is 13.1. The molecule has 1 aromatic heterocycles. The zero-order chi connectivity index (χ0) is 15.0. The molecule has 0 aliphatic carbocycles. The fraction of sp³-hybridized carbons (Fsp3) is 0.636. The van der Waals surface area contributed by atoms with Gasteiger partial charge in [-0.15, -0.1) is 0 Å². The van der Waals surface area contributed by atoms with Gasteiger partial charge in [-0.3, -0.25) is 19.8 Å². The van der Waals surface area contributed by atoms with E-state index in [9.17, 15) is 9.59 Å². The van der Waals surface area contributed by atoms with Crippen LogP contribution in [0.2, 0.25) is 0 Å². The second kappa shape index (κ2) is 8.88. The number of carbonyl (C=O) groups is 2. The van der Waals surface area contributed by atoms with E-state index in [-0.39, 0.29) is 18.9 Å². The van der Waals surface area contributed by atoms with E-state index >= 15 is 0 Å². The highest BCUT2D eigenvalue weighted by atomic mass is 32.2. The zero-order valence-electron chi connectivity index (χ0n) is 11.5. The van der Waals surface area contributed by atoms with E-state index < -0.39 is 5.97 Å². The van der Waals surface area contributed by atoms with Crippen LogP contribution in [0, 0.1) is 0 Å². The number of rotatable bonds is 9. The quantitative estimate of drug-likeness (QED) is 0.664. The van der Waals surface area contributed by atoms with Crippen molar-refractivity contribution >= 4 is 40.3 Å². The first-order valence-electron chi connectivity index (χ1n) is 6.18. The molecule has 0 bridgehead atoms. The molecule has 0 spiro atoms. The molecule has 0 aliphatic rings. The highest BCUT2D eigenvalue weighted by Crippen LogP contribution is 2.20. The molecule has 0 aliphatic heterocycles. The normalized spacial score (nSPS) is 10.8. The number of anilines is 1. The largest absolute Gasteiger partial charge is 0.481 e. The summed E-state index contributed by atoms with van der Waals surface area (Å²) in [4.78, 5) is 28.0. The Labute approximate surface area is 125 Å². The van der Waals surface area contributed by atoms with Crippen molar-refractivity contribution in [2.24, 2.45) is 0 Å². The number of nitrogens with zero attached hydrogens (tertiary/aromatic N) is 3. The summed E-state index contributed by atoms with van der Waals surface area (Å²) in [5, 5.41) is 12.4. The number of thioether (sulfide) groups is 1. The topological polar surface area (TPSA) is 95.4 Å². The van der Waals surface area contributed by atoms with Gasteiger partial charge in [0.25, 0.3) is 0 Å². The number of aromatic nitrogens is 2. The summed E-state index contributed by atoms with van der Waals surface area (Å²) in [6.45, 7) is 2.54. The van der Waals surface area contributed by atoms with Crippen molar-refractivity contribution in [3.63, 3.8) is 0 Å². The molecule has 9 heteroatoms. The van der Waals surface area contributed by atoms with Crippen molar-refractivity contribution in [2.45, 2.75) is 24.9 Å². The Morgan fingerprint density at radius 3 is 2.90 bits per heavy atom. The molecule has 0 saturated carbocycles. The summed E-state index contributed by atoms with van der Waals surface area (Å²) >= 11 is 2.70. The average molecular weight is 318 g/mol. The van der Waals surface area contributed by atoms with Crippen molar-refractivity contribution < 1.29 is 14.7 Å². The maximum Gasteiger partial charge on any atom is 0.304 e. The molecule has 0 aromatic carbocycles. The Morgan fingerprint density at radius 1 is 1.50 bits per heavy atom. The molecule has 20 heavy (non-hydrogen) atoms. The lowest BCUT2D eigenvalue weighted by Crippen LogP contribution is -2.31. The van der Waals surface area contributed by atoms with E-state index in [4.69, 9.17) is 5.11 Å². The monoisotopic (exact) mass is 318 g/mol. The Bertz CT molecular complexity index is 453. The van der Waals surface area contributed by atoms with Gasteiger partial charge in [-0.25, -0.2) is 0 Å². The van der Waals surface area contributed by atoms with Gasteiger partial charge in [0, 0.05) is 23.8 Å². The standard InChI is InChI=1S/C11H18N4O3S2/c1-3-6-19-11-13-10(20-14-11)12-8(16)7-15(2)5-4-9(17)18/h3-7H2,1-2H3,(H,17,18)(H,12,13,14,16). The molecule has 2 N–H and O–H groups in total. The van der Waals surface area contributed by atoms with Gasteiger partial charge in [-0.05, 0) is 13.5 Å². The van der Waals surface area contributed by atoms with Crippen LogP contribution < -0.4 is 5.32 Å². The first-order chi connectivity index (χ1) is 9.51. The molecule has 1 amide bonds. The summed E-state index contributed by atoms with van der Waals surface area (Å²) in [5.74, 6) is -0.151. The molecule has 1 heterocycles. The van der Waals surface area contributed by atoms with Crippen LogP contribution in [0.15, 0.2) is 5.16 Å². The number of likely N-dealkylation sites (N-methyl/N-ethyl adjacent to an activating group) is 1. The van der Waals surface area contributed by atoms with Crippen LogP contribution >= 0.6 is 23.3 Å². The highest BCUT2D eigenvalue weighted by molar-refractivity contribution is 7.99. The van der Waals surface area contributed by atoms with Gasteiger partial charge in [-0.1, -0.05) is 18.7 Å². The number of hydrogen-bond acceptors (Lipinski definition) is 7. The van der Waals surface area contributed by atoms with Crippen LogP contribution in [0.1, 0.15) is 19.8 Å². The van der Waals surface area contributed by atoms with Crippen LogP contribution in [-0.2, 0) is 9.59 Å². The van der Waals surface area contributed by atoms with Crippen molar-refractivity contribution in [3.8, 4) is 0 Å². The van der Waals surface area contributed by atoms with Crippen LogP contribution in [0.5, 0.6) is 0 Å². The van der Waals surface area contributed by atoms with E-state index in [1.54, 1.807) is 23.7 Å². The van der Waals surface area contributed by atoms with E-state index in [0.29, 0.717) is 16.8 Å². The minimum atomic E-state index is -0.876. The van der Waals surface area contributed by atoms with E-state index in [1.807, 2.05) is 0 Å². The fourth-order valence-corrected chi connectivity index (χ4v) is 2.70. The SMILES string of the molecule is CCCSc1nsc(NC(=O)CN(C)CCC(=O)O)n1. The minimum absolute atomic E-state index is 0.0143. The van der Waals surface area contributed by atoms with Crippen LogP contribution in [0.25, 0.3) is 0 Å². The molecule has 0 atom stereocenters. The van der Waals surface area contributed by atoms with E-state index in [1.165, 1.54) is 0 Å². The number of nitrogens with one attached hydrogen (secondary N) is 1. The molecular formula is C11H18N4O3S2. The second-order valence-corrected chi connectivity index (χ2v) is 5.97. The molecule has 1 rings (SSSR count). The summed E-state index contributed by atoms with van der Waals surface area (Å²) in [6.07, 6.45) is 1.06. The van der Waals surface area contributed by atoms with Crippen molar-refractivity contribution in [1.82, 2.24) is 14.3 Å². The Kier molecular flexibility index (Phi) is 7.48. The lowest BCUT2D eigenvalue weighted by Gasteiger charge is -2.13. The van der Waals surface area contributed by atoms with Crippen LogP contribution in [0.4, 0.5) is 5.13 Å². The molecule has 0 unspecified atom stereocenters. The lowest BCUT2D eigenvalue weighted by molar-refractivity contribution is -0.137. The highest BCUT2D eigenvalue weighted by Gasteiger charge is 2.11. The Morgan fingerprint density at radius 2 is 2.25 bits per heavy atom. The summed E-state index contributed by atoms with van der Waals surface area (Å²) < 4.78 is 4.13. The summed E-state index contributed by atoms with van der Waals surface area (Å²) in [6, 6.07) is 0. The second-order valence-electron chi connectivity index (χ2n) is 4.16. The third kappa shape index (κ3) is 6.83. The average Bonchev–Trinajstić information content (AvgIpc) is 2.81. The number of carboxylic acid groups (broad SMARTS) is 1. The van der Waals surface area contributed by atoms with Gasteiger partial charge >= 0.3 is 5.97 Å². The summed E-state index contributed by atoms with van der Waals surface area (Å²) in [5.41, 5.74) is 0. The third-order valence-electron chi connectivity index (χ3n) is 2.21. The van der Waals surface area contributed by atoms with E-state index in [0.717, 1.165) is 23.7 Å². The Balaban J connectivity index is 2.34. The molecule has 0 fully saturated rings. The molecule has 0 saturated heterocycles. The van der Waals surface area contributed by atoms with Gasteiger partial charge < -0.3 is 5.11 Å². The molecule has 112 valence electrons. The van der Waals surface area contributed by atoms with Crippen molar-refractivity contribution in [1.29, 1.82) is 0 Å². The minimum Gasteiger partial charge on any atom is -0.481 e. The van der Waals surface area contributed by atoms with Gasteiger partial charge in [0.15, 0.2) is 0 Å². The number of carbonyl (C=O) groups excluding carboxylic acids is 1. The first kappa shape index (κ1) is 16.9. The number of carboxylic acids is 1. The maximum atomic E-state index is 11.7. The number of aliphatic carboxylic acids is 1. The fourth-order valence-electron chi connectivity index (χ4n) is 1.28. The maximum absolute atomic E-state index is 11.7. The van der Waals surface area contributed by atoms with Crippen molar-refractivity contribution in [3.05, 3.63) is 0 Å². The first-order valence-corrected chi connectivity index (χ1v) is 7.94. The van der Waals surface area contributed by atoms with Gasteiger partial charge in [0.2, 0.25) is 16.2 Å². The molecule has 1 aromatic rings. The third-order valence-corrected chi connectivity index (χ3v) is 4.01. The molecule has 7 nitrogen and oxygen atoms in total. The van der Waals surface area contributed by atoms with Crippen molar-refractivity contribution in [2.75, 3.05) is 31.2 Å². The predicted octanol–water partition coefficient (Wildman–Crippen LogP) is 1.39. The number of amides is 1. The number of hydrogen-bond donors (Lipinski definition) is 2. The Hall–Kier alpha value is -1.19. The predicted molar refractivity (Wildman–Crippen MR) is 79.3 cm³/mol. The lowest BCUT2D eigenvalue weighted by atomic mass is 10.4. The van der Waals surface area contributed by atoms with Gasteiger partial charge in [0.05, 0.1) is 13.0 Å². The summed E-state index contributed by atoms with van der Waals surface area (Å²) in [7, 11) is 1.70.